The van der Waals surface area contributed by atoms with Crippen LogP contribution < -0.4 is 5.73 Å². The van der Waals surface area contributed by atoms with Gasteiger partial charge in [-0.2, -0.15) is 0 Å². The van der Waals surface area contributed by atoms with Crippen LogP contribution in [0, 0.1) is 17.2 Å². The molecule has 0 saturated carbocycles. The summed E-state index contributed by atoms with van der Waals surface area (Å²) < 4.78 is 0. The predicted molar refractivity (Wildman–Crippen MR) is 68.5 cm³/mol. The van der Waals surface area contributed by atoms with Crippen LogP contribution in [0.15, 0.2) is 18.3 Å². The molecule has 0 aliphatic carbocycles. The van der Waals surface area contributed by atoms with Gasteiger partial charge < -0.3 is 11.1 Å². The first kappa shape index (κ1) is 12.7. The first-order chi connectivity index (χ1) is 7.49. The molecule has 1 heterocycles. The molecule has 1 atom stereocenters. The zero-order chi connectivity index (χ0) is 12.1. The molecule has 3 N–H and O–H groups in total. The van der Waals surface area contributed by atoms with Gasteiger partial charge in [0, 0.05) is 0 Å². The predicted octanol–water partition coefficient (Wildman–Crippen LogP) is 3.06. The van der Waals surface area contributed by atoms with Crippen molar-refractivity contribution in [3.63, 3.8) is 0 Å². The van der Waals surface area contributed by atoms with Gasteiger partial charge in [0.15, 0.2) is 0 Å². The number of rotatable bonds is 5. The Kier molecular flexibility index (Phi) is 4.47. The first-order valence-corrected chi connectivity index (χ1v) is 5.57. The molecule has 0 aromatic carbocycles. The van der Waals surface area contributed by atoms with E-state index in [1.54, 1.807) is 12.3 Å². The van der Waals surface area contributed by atoms with Gasteiger partial charge in [0.25, 0.3) is 0 Å². The highest BCUT2D eigenvalue weighted by molar-refractivity contribution is 5.96. The molecule has 87 valence electrons. The number of hydrogen-bond donors (Lipinski definition) is 2. The third-order valence-corrected chi connectivity index (χ3v) is 2.40. The van der Waals surface area contributed by atoms with Gasteiger partial charge in [-0.25, -0.2) is 0 Å². The fourth-order valence-electron chi connectivity index (χ4n) is 1.81. The number of aromatic nitrogens is 1. The number of hydrogen-bond acceptors (Lipinski definition) is 3. The monoisotopic (exact) mass is 218 g/mol. The Morgan fingerprint density at radius 2 is 2.06 bits per heavy atom. The smallest absolute Gasteiger partial charge is 0.0838 e. The molecule has 3 nitrogen and oxygen atoms in total. The summed E-state index contributed by atoms with van der Waals surface area (Å²) in [5.74, 6) is 1.91. The zero-order valence-electron chi connectivity index (χ0n) is 10.2. The first-order valence-electron chi connectivity index (χ1n) is 5.57. The summed E-state index contributed by atoms with van der Waals surface area (Å²) in [6.45, 7) is 6.42. The van der Waals surface area contributed by atoms with Crippen LogP contribution in [0.3, 0.4) is 0 Å². The lowest BCUT2D eigenvalue weighted by Crippen LogP contribution is -2.09. The molecule has 16 heavy (non-hydrogen) atoms. The molecular formula is C13H20N3. The summed E-state index contributed by atoms with van der Waals surface area (Å²) in [5.41, 5.74) is 7.52. The molecule has 0 fully saturated rings. The molecule has 0 aliphatic heterocycles. The van der Waals surface area contributed by atoms with E-state index in [0.717, 1.165) is 18.5 Å². The summed E-state index contributed by atoms with van der Waals surface area (Å²) in [4.78, 5) is 4.15. The molecule has 0 saturated heterocycles. The third kappa shape index (κ3) is 4.01. The van der Waals surface area contributed by atoms with E-state index in [1.807, 2.05) is 6.07 Å². The van der Waals surface area contributed by atoms with Gasteiger partial charge in [0.1, 0.15) is 0 Å². The van der Waals surface area contributed by atoms with E-state index in [0.29, 0.717) is 17.3 Å². The van der Waals surface area contributed by atoms with Gasteiger partial charge in [-0.1, -0.05) is 20.8 Å². The SMILES string of the molecule is C[C](C)C[C@H](C)CC(=N)c1ccc(N)cn1. The van der Waals surface area contributed by atoms with Gasteiger partial charge in [0.05, 0.1) is 23.3 Å². The fraction of sp³-hybridized carbons (Fsp3) is 0.462. The summed E-state index contributed by atoms with van der Waals surface area (Å²) >= 11 is 0. The molecule has 0 spiro atoms. The molecule has 1 radical (unpaired) electrons. The van der Waals surface area contributed by atoms with Crippen molar-refractivity contribution in [3.05, 3.63) is 29.9 Å². The van der Waals surface area contributed by atoms with E-state index in [9.17, 15) is 0 Å². The Bertz CT molecular complexity index is 341. The van der Waals surface area contributed by atoms with Crippen LogP contribution in [0.2, 0.25) is 0 Å². The molecule has 1 aromatic heterocycles. The van der Waals surface area contributed by atoms with E-state index in [1.165, 1.54) is 5.92 Å². The minimum absolute atomic E-state index is 0.497. The van der Waals surface area contributed by atoms with Crippen molar-refractivity contribution in [2.45, 2.75) is 33.6 Å². The molecule has 3 heteroatoms. The lowest BCUT2D eigenvalue weighted by atomic mass is 9.93. The molecular weight excluding hydrogens is 198 g/mol. The molecule has 0 aliphatic rings. The van der Waals surface area contributed by atoms with Crippen molar-refractivity contribution in [1.82, 2.24) is 4.98 Å². The van der Waals surface area contributed by atoms with Crippen LogP contribution in [0.1, 0.15) is 39.3 Å². The van der Waals surface area contributed by atoms with E-state index in [2.05, 4.69) is 25.8 Å². The summed E-state index contributed by atoms with van der Waals surface area (Å²) in [6.07, 6.45) is 3.44. The van der Waals surface area contributed by atoms with Crippen molar-refractivity contribution < 1.29 is 0 Å². The van der Waals surface area contributed by atoms with Crippen molar-refractivity contribution in [2.24, 2.45) is 5.92 Å². The number of nitrogens with zero attached hydrogens (tertiary/aromatic N) is 1. The standard InChI is InChI=1S/C13H20N3/c1-9(2)6-10(3)7-12(15)13-5-4-11(14)8-16-13/h4-5,8,10,15H,6-7,14H2,1-3H3/t10-/m0/s1. The van der Waals surface area contributed by atoms with E-state index in [-0.39, 0.29) is 0 Å². The van der Waals surface area contributed by atoms with Gasteiger partial charge >= 0.3 is 0 Å². The number of pyridine rings is 1. The van der Waals surface area contributed by atoms with Crippen molar-refractivity contribution in [1.29, 1.82) is 5.41 Å². The Morgan fingerprint density at radius 1 is 1.38 bits per heavy atom. The van der Waals surface area contributed by atoms with Crippen LogP contribution in [0.5, 0.6) is 0 Å². The largest absolute Gasteiger partial charge is 0.397 e. The van der Waals surface area contributed by atoms with Gasteiger partial charge in [0.2, 0.25) is 0 Å². The Balaban J connectivity index is 2.55. The highest BCUT2D eigenvalue weighted by Gasteiger charge is 2.10. The van der Waals surface area contributed by atoms with E-state index in [4.69, 9.17) is 11.1 Å². The second-order valence-corrected chi connectivity index (χ2v) is 4.68. The number of anilines is 1. The lowest BCUT2D eigenvalue weighted by molar-refractivity contribution is 0.565. The fourth-order valence-corrected chi connectivity index (χ4v) is 1.81. The van der Waals surface area contributed by atoms with E-state index < -0.39 is 0 Å². The summed E-state index contributed by atoms with van der Waals surface area (Å²) in [6, 6.07) is 3.60. The number of nitrogens with two attached hydrogens (primary N) is 1. The zero-order valence-corrected chi connectivity index (χ0v) is 10.2. The van der Waals surface area contributed by atoms with Crippen molar-refractivity contribution in [2.75, 3.05) is 5.73 Å². The average molecular weight is 218 g/mol. The summed E-state index contributed by atoms with van der Waals surface area (Å²) in [5, 5.41) is 7.96. The maximum absolute atomic E-state index is 7.96. The minimum atomic E-state index is 0.497. The van der Waals surface area contributed by atoms with Crippen LogP contribution >= 0.6 is 0 Å². The maximum Gasteiger partial charge on any atom is 0.0838 e. The van der Waals surface area contributed by atoms with Crippen LogP contribution in [0.4, 0.5) is 5.69 Å². The lowest BCUT2D eigenvalue weighted by Gasteiger charge is -2.13. The molecule has 0 amide bonds. The molecule has 1 rings (SSSR count). The second-order valence-electron chi connectivity index (χ2n) is 4.68. The second kappa shape index (κ2) is 5.64. The van der Waals surface area contributed by atoms with Crippen LogP contribution in [-0.2, 0) is 0 Å². The summed E-state index contributed by atoms with van der Waals surface area (Å²) in [7, 11) is 0. The average Bonchev–Trinajstić information content (AvgIpc) is 2.16. The van der Waals surface area contributed by atoms with Gasteiger partial charge in [-0.3, -0.25) is 4.98 Å². The third-order valence-electron chi connectivity index (χ3n) is 2.40. The van der Waals surface area contributed by atoms with Gasteiger partial charge in [-0.05, 0) is 36.8 Å². The topological polar surface area (TPSA) is 62.8 Å². The quantitative estimate of drug-likeness (QED) is 0.746. The highest BCUT2D eigenvalue weighted by Crippen LogP contribution is 2.18. The van der Waals surface area contributed by atoms with Crippen LogP contribution in [-0.4, -0.2) is 10.7 Å². The number of nitrogens with one attached hydrogen (secondary N) is 1. The minimum Gasteiger partial charge on any atom is -0.397 e. The highest BCUT2D eigenvalue weighted by atomic mass is 14.7. The maximum atomic E-state index is 7.96. The van der Waals surface area contributed by atoms with Gasteiger partial charge in [-0.15, -0.1) is 0 Å². The Labute approximate surface area is 97.6 Å². The molecule has 1 aromatic rings. The Hall–Kier alpha value is -1.38. The van der Waals surface area contributed by atoms with Crippen molar-refractivity contribution >= 4 is 11.4 Å². The van der Waals surface area contributed by atoms with Crippen LogP contribution in [0.25, 0.3) is 0 Å². The number of nitrogen functional groups attached to an aromatic ring is 1. The Morgan fingerprint density at radius 3 is 2.56 bits per heavy atom. The molecule has 0 unspecified atom stereocenters. The van der Waals surface area contributed by atoms with E-state index >= 15 is 0 Å². The van der Waals surface area contributed by atoms with Crippen molar-refractivity contribution in [3.8, 4) is 0 Å². The normalized spacial score (nSPS) is 12.8. The molecule has 0 bridgehead atoms.